The zero-order chi connectivity index (χ0) is 28.7. The minimum absolute atomic E-state index is 0.0414. The molecule has 1 heterocycles. The Labute approximate surface area is 236 Å². The molecule has 1 saturated heterocycles. The maximum absolute atomic E-state index is 14.2. The van der Waals surface area contributed by atoms with Gasteiger partial charge in [0.05, 0.1) is 12.0 Å². The lowest BCUT2D eigenvalue weighted by atomic mass is 9.75. The van der Waals surface area contributed by atoms with E-state index in [0.29, 0.717) is 6.42 Å². The van der Waals surface area contributed by atoms with Crippen LogP contribution >= 0.6 is 0 Å². The molecule has 0 bridgehead atoms. The summed E-state index contributed by atoms with van der Waals surface area (Å²) in [6.45, 7) is 8.08. The molecule has 0 aromatic heterocycles. The number of benzene rings is 3. The normalized spacial score (nSPS) is 17.7. The zero-order valence-corrected chi connectivity index (χ0v) is 23.6. The van der Waals surface area contributed by atoms with Crippen molar-refractivity contribution in [2.24, 2.45) is 17.8 Å². The first kappa shape index (κ1) is 28.9. The summed E-state index contributed by atoms with van der Waals surface area (Å²) in [4.78, 5) is 41.7. The summed E-state index contributed by atoms with van der Waals surface area (Å²) >= 11 is 0. The van der Waals surface area contributed by atoms with Gasteiger partial charge in [0.2, 0.25) is 5.91 Å². The molecule has 1 fully saturated rings. The Balaban J connectivity index is 1.63. The summed E-state index contributed by atoms with van der Waals surface area (Å²) in [6, 6.07) is 27.9. The Hall–Kier alpha value is -4.13. The molecule has 3 aromatic rings. The van der Waals surface area contributed by atoms with E-state index >= 15 is 0 Å². The molecule has 3 amide bonds. The molecule has 3 atom stereocenters. The molecule has 0 saturated carbocycles. The molecule has 1 N–H and O–H groups in total. The van der Waals surface area contributed by atoms with Gasteiger partial charge in [0.1, 0.15) is 6.61 Å². The quantitative estimate of drug-likeness (QED) is 0.315. The number of nitrogens with one attached hydrogen (secondary N) is 1. The van der Waals surface area contributed by atoms with Crippen molar-refractivity contribution in [3.63, 3.8) is 0 Å². The molecule has 1 aliphatic heterocycles. The largest absolute Gasteiger partial charge is 0.445 e. The number of alkyl carbamates (subject to hydrolysis) is 1. The van der Waals surface area contributed by atoms with Crippen LogP contribution in [0.3, 0.4) is 0 Å². The molecule has 3 aromatic carbocycles. The van der Waals surface area contributed by atoms with Crippen LogP contribution in [-0.4, -0.2) is 35.6 Å². The van der Waals surface area contributed by atoms with E-state index in [4.69, 9.17) is 9.47 Å². The van der Waals surface area contributed by atoms with Gasteiger partial charge in [0.25, 0.3) is 0 Å². The number of rotatable bonds is 10. The number of nitrogens with zero attached hydrogens (tertiary/aromatic N) is 1. The maximum atomic E-state index is 14.2. The number of hydrogen-bond acceptors (Lipinski definition) is 5. The second-order valence-electron chi connectivity index (χ2n) is 10.7. The van der Waals surface area contributed by atoms with Gasteiger partial charge in [-0.15, -0.1) is 0 Å². The number of ether oxygens (including phenoxy) is 2. The third kappa shape index (κ3) is 5.88. The first-order valence-corrected chi connectivity index (χ1v) is 13.9. The van der Waals surface area contributed by atoms with E-state index in [1.807, 2.05) is 119 Å². The molecule has 0 spiro atoms. The molecule has 7 nitrogen and oxygen atoms in total. The number of carbonyl (C=O) groups excluding carboxylic acids is 3. The number of cyclic esters (lactones) is 1. The lowest BCUT2D eigenvalue weighted by Gasteiger charge is -2.38. The number of carbonyl (C=O) groups is 3. The standard InChI is InChI=1S/C33H38N2O5/c1-5-24(4)28(21-34-31(37)39-22-25-15-9-6-10-16-25)30(36)35-29(23(2)3)33(40-32(35)38,26-17-11-7-12-18-26)27-19-13-8-14-20-27/h6-20,23-24,28-29H,5,21-22H2,1-4H3,(H,34,37)/t24-,28+,29+/m0/s1. The molecule has 0 radical (unpaired) electrons. The maximum Gasteiger partial charge on any atom is 0.418 e. The monoisotopic (exact) mass is 542 g/mol. The molecular formula is C33H38N2O5. The van der Waals surface area contributed by atoms with Crippen molar-refractivity contribution in [3.8, 4) is 0 Å². The van der Waals surface area contributed by atoms with Gasteiger partial charge in [-0.1, -0.05) is 125 Å². The van der Waals surface area contributed by atoms with Crippen LogP contribution in [0.5, 0.6) is 0 Å². The summed E-state index contributed by atoms with van der Waals surface area (Å²) in [5, 5.41) is 2.75. The Morgan fingerprint density at radius 2 is 1.43 bits per heavy atom. The number of amides is 3. The van der Waals surface area contributed by atoms with Gasteiger partial charge in [-0.05, 0) is 17.4 Å². The van der Waals surface area contributed by atoms with E-state index in [0.717, 1.165) is 16.7 Å². The Bertz CT molecular complexity index is 1240. The lowest BCUT2D eigenvalue weighted by molar-refractivity contribution is -0.136. The van der Waals surface area contributed by atoms with Crippen molar-refractivity contribution in [1.82, 2.24) is 10.2 Å². The Kier molecular flexibility index (Phi) is 9.25. The predicted molar refractivity (Wildman–Crippen MR) is 153 cm³/mol. The fourth-order valence-corrected chi connectivity index (χ4v) is 5.50. The van der Waals surface area contributed by atoms with E-state index in [9.17, 15) is 14.4 Å². The molecule has 210 valence electrons. The first-order valence-electron chi connectivity index (χ1n) is 13.9. The lowest BCUT2D eigenvalue weighted by Crippen LogP contribution is -2.53. The van der Waals surface area contributed by atoms with E-state index < -0.39 is 29.7 Å². The van der Waals surface area contributed by atoms with Crippen LogP contribution < -0.4 is 5.32 Å². The zero-order valence-electron chi connectivity index (χ0n) is 23.6. The van der Waals surface area contributed by atoms with Gasteiger partial charge in [0.15, 0.2) is 5.60 Å². The van der Waals surface area contributed by atoms with Gasteiger partial charge in [-0.2, -0.15) is 0 Å². The van der Waals surface area contributed by atoms with Crippen LogP contribution in [0.4, 0.5) is 9.59 Å². The summed E-state index contributed by atoms with van der Waals surface area (Å²) < 4.78 is 11.6. The van der Waals surface area contributed by atoms with Gasteiger partial charge in [0, 0.05) is 17.7 Å². The highest BCUT2D eigenvalue weighted by Crippen LogP contribution is 2.47. The van der Waals surface area contributed by atoms with Crippen LogP contribution in [0.15, 0.2) is 91.0 Å². The fraction of sp³-hybridized carbons (Fsp3) is 0.364. The Morgan fingerprint density at radius 3 is 1.93 bits per heavy atom. The van der Waals surface area contributed by atoms with Crippen molar-refractivity contribution < 1.29 is 23.9 Å². The summed E-state index contributed by atoms with van der Waals surface area (Å²) in [5.41, 5.74) is 1.29. The van der Waals surface area contributed by atoms with E-state index in [-0.39, 0.29) is 30.9 Å². The van der Waals surface area contributed by atoms with Crippen molar-refractivity contribution in [3.05, 3.63) is 108 Å². The molecule has 0 unspecified atom stereocenters. The third-order valence-corrected chi connectivity index (χ3v) is 7.74. The van der Waals surface area contributed by atoms with Crippen molar-refractivity contribution in [2.75, 3.05) is 6.54 Å². The second-order valence-corrected chi connectivity index (χ2v) is 10.7. The van der Waals surface area contributed by atoms with Gasteiger partial charge in [-0.25, -0.2) is 14.5 Å². The van der Waals surface area contributed by atoms with Crippen LogP contribution in [0, 0.1) is 17.8 Å². The average molecular weight is 543 g/mol. The van der Waals surface area contributed by atoms with Crippen molar-refractivity contribution in [2.45, 2.75) is 52.4 Å². The smallest absolute Gasteiger partial charge is 0.418 e. The van der Waals surface area contributed by atoms with Crippen molar-refractivity contribution in [1.29, 1.82) is 0 Å². The van der Waals surface area contributed by atoms with Crippen LogP contribution in [0.2, 0.25) is 0 Å². The Morgan fingerprint density at radius 1 is 0.900 bits per heavy atom. The second kappa shape index (κ2) is 12.8. The third-order valence-electron chi connectivity index (χ3n) is 7.74. The predicted octanol–water partition coefficient (Wildman–Crippen LogP) is 6.52. The van der Waals surface area contributed by atoms with Gasteiger partial charge < -0.3 is 14.8 Å². The van der Waals surface area contributed by atoms with E-state index in [1.165, 1.54) is 4.90 Å². The molecular weight excluding hydrogens is 504 g/mol. The van der Waals surface area contributed by atoms with Gasteiger partial charge >= 0.3 is 12.2 Å². The summed E-state index contributed by atoms with van der Waals surface area (Å²) in [7, 11) is 0. The highest BCUT2D eigenvalue weighted by Gasteiger charge is 2.60. The molecule has 7 heteroatoms. The van der Waals surface area contributed by atoms with Crippen molar-refractivity contribution >= 4 is 18.1 Å². The average Bonchev–Trinajstić information content (AvgIpc) is 3.31. The summed E-state index contributed by atoms with van der Waals surface area (Å²) in [6.07, 6.45) is -0.608. The fourth-order valence-electron chi connectivity index (χ4n) is 5.50. The highest BCUT2D eigenvalue weighted by molar-refractivity contribution is 5.96. The minimum atomic E-state index is -1.18. The van der Waals surface area contributed by atoms with Crippen LogP contribution in [0.1, 0.15) is 50.8 Å². The van der Waals surface area contributed by atoms with Crippen LogP contribution in [0.25, 0.3) is 0 Å². The molecule has 4 rings (SSSR count). The molecule has 1 aliphatic rings. The molecule has 0 aliphatic carbocycles. The highest BCUT2D eigenvalue weighted by atomic mass is 16.6. The number of imide groups is 1. The van der Waals surface area contributed by atoms with E-state index in [1.54, 1.807) is 0 Å². The van der Waals surface area contributed by atoms with Gasteiger partial charge in [-0.3, -0.25) is 4.79 Å². The topological polar surface area (TPSA) is 84.9 Å². The number of hydrogen-bond donors (Lipinski definition) is 1. The van der Waals surface area contributed by atoms with E-state index in [2.05, 4.69) is 5.32 Å². The minimum Gasteiger partial charge on any atom is -0.445 e. The SMILES string of the molecule is CC[C@H](C)[C@@H](CNC(=O)OCc1ccccc1)C(=O)N1C(=O)OC(c2ccccc2)(c2ccccc2)[C@H]1C(C)C. The summed E-state index contributed by atoms with van der Waals surface area (Å²) in [5.74, 6) is -1.25. The molecule has 40 heavy (non-hydrogen) atoms. The van der Waals surface area contributed by atoms with Crippen LogP contribution in [-0.2, 0) is 26.5 Å². The first-order chi connectivity index (χ1) is 19.3.